The molecule has 1 aromatic heterocycles. The SMILES string of the molecule is CC[C@H](C(=O)N1CCCN(c2ccc(NC(=O)c3cccs3)cc2C(=O)NCc2ccc(F)cc2)CC1)c1ccccc1. The third kappa shape index (κ3) is 7.48. The molecule has 4 aromatic rings. The first-order valence-corrected chi connectivity index (χ1v) is 15.4. The average molecular weight is 599 g/mol. The Balaban J connectivity index is 1.35. The summed E-state index contributed by atoms with van der Waals surface area (Å²) < 4.78 is 13.4. The molecular formula is C34H35FN4O3S. The highest BCUT2D eigenvalue weighted by Crippen LogP contribution is 2.28. The number of hydrogen-bond acceptors (Lipinski definition) is 5. The summed E-state index contributed by atoms with van der Waals surface area (Å²) in [5.41, 5.74) is 3.45. The van der Waals surface area contributed by atoms with Crippen LogP contribution in [0.5, 0.6) is 0 Å². The van der Waals surface area contributed by atoms with Gasteiger partial charge in [0.2, 0.25) is 5.91 Å². The quantitative estimate of drug-likeness (QED) is 0.237. The molecule has 1 aliphatic rings. The number of carbonyl (C=O) groups is 3. The van der Waals surface area contributed by atoms with E-state index in [1.54, 1.807) is 30.3 Å². The maximum absolute atomic E-state index is 13.6. The highest BCUT2D eigenvalue weighted by Gasteiger charge is 2.27. The summed E-state index contributed by atoms with van der Waals surface area (Å²) in [6, 6.07) is 24.8. The Morgan fingerprint density at radius 2 is 1.67 bits per heavy atom. The molecule has 9 heteroatoms. The van der Waals surface area contributed by atoms with Crippen molar-refractivity contribution in [2.24, 2.45) is 0 Å². The first kappa shape index (κ1) is 30.0. The second kappa shape index (κ2) is 14.1. The lowest BCUT2D eigenvalue weighted by molar-refractivity contribution is -0.132. The summed E-state index contributed by atoms with van der Waals surface area (Å²) >= 11 is 1.34. The lowest BCUT2D eigenvalue weighted by Crippen LogP contribution is -2.38. The minimum absolute atomic E-state index is 0.124. The fourth-order valence-corrected chi connectivity index (χ4v) is 6.01. The zero-order chi connectivity index (χ0) is 30.2. The van der Waals surface area contributed by atoms with E-state index >= 15 is 0 Å². The van der Waals surface area contributed by atoms with E-state index in [4.69, 9.17) is 0 Å². The predicted octanol–water partition coefficient (Wildman–Crippen LogP) is 6.30. The van der Waals surface area contributed by atoms with Gasteiger partial charge in [0.1, 0.15) is 5.82 Å². The number of carbonyl (C=O) groups excluding carboxylic acids is 3. The van der Waals surface area contributed by atoms with Crippen LogP contribution in [-0.2, 0) is 11.3 Å². The van der Waals surface area contributed by atoms with Gasteiger partial charge in [-0.2, -0.15) is 0 Å². The number of halogens is 1. The van der Waals surface area contributed by atoms with Gasteiger partial charge < -0.3 is 20.4 Å². The molecule has 0 radical (unpaired) electrons. The molecular weight excluding hydrogens is 563 g/mol. The molecule has 0 aliphatic carbocycles. The van der Waals surface area contributed by atoms with Crippen molar-refractivity contribution in [3.8, 4) is 0 Å². The van der Waals surface area contributed by atoms with Gasteiger partial charge in [-0.05, 0) is 65.7 Å². The van der Waals surface area contributed by atoms with Crippen LogP contribution in [0.3, 0.4) is 0 Å². The molecule has 1 saturated heterocycles. The number of anilines is 2. The third-order valence-electron chi connectivity index (χ3n) is 7.67. The standard InChI is InChI=1S/C34H35FN4O3S/c1-2-28(25-8-4-3-5-9-25)34(42)39-18-7-17-38(19-20-39)30-16-15-27(37-33(41)31-10-6-21-43-31)22-29(30)32(40)36-23-24-11-13-26(35)14-12-24/h3-6,8-16,21-22,28H,2,7,17-20,23H2,1H3,(H,36,40)(H,37,41)/t28-/m0/s1. The van der Waals surface area contributed by atoms with E-state index in [0.29, 0.717) is 42.3 Å². The van der Waals surface area contributed by atoms with Gasteiger partial charge >= 0.3 is 0 Å². The van der Waals surface area contributed by atoms with Crippen LogP contribution in [0, 0.1) is 5.82 Å². The molecule has 2 heterocycles. The van der Waals surface area contributed by atoms with Crippen LogP contribution >= 0.6 is 11.3 Å². The average Bonchev–Trinajstić information content (AvgIpc) is 3.47. The Morgan fingerprint density at radius 3 is 2.40 bits per heavy atom. The summed E-state index contributed by atoms with van der Waals surface area (Å²) in [5.74, 6) is -0.951. The van der Waals surface area contributed by atoms with E-state index in [2.05, 4.69) is 15.5 Å². The molecule has 7 nitrogen and oxygen atoms in total. The Hall–Kier alpha value is -4.50. The summed E-state index contributed by atoms with van der Waals surface area (Å²) in [6.45, 7) is 4.68. The van der Waals surface area contributed by atoms with E-state index in [0.717, 1.165) is 29.7 Å². The van der Waals surface area contributed by atoms with Crippen LogP contribution in [0.25, 0.3) is 0 Å². The van der Waals surface area contributed by atoms with Gasteiger partial charge in [0, 0.05) is 44.1 Å². The Labute approximate surface area is 255 Å². The lowest BCUT2D eigenvalue weighted by Gasteiger charge is -2.28. The molecule has 1 aliphatic heterocycles. The van der Waals surface area contributed by atoms with Crippen molar-refractivity contribution >= 4 is 40.4 Å². The molecule has 43 heavy (non-hydrogen) atoms. The molecule has 0 bridgehead atoms. The number of thiophene rings is 1. The van der Waals surface area contributed by atoms with Crippen molar-refractivity contribution in [2.45, 2.75) is 32.2 Å². The molecule has 0 saturated carbocycles. The van der Waals surface area contributed by atoms with Crippen molar-refractivity contribution < 1.29 is 18.8 Å². The number of nitrogens with zero attached hydrogens (tertiary/aromatic N) is 2. The Morgan fingerprint density at radius 1 is 0.884 bits per heavy atom. The van der Waals surface area contributed by atoms with Gasteiger partial charge in [-0.3, -0.25) is 14.4 Å². The van der Waals surface area contributed by atoms with Crippen LogP contribution in [-0.4, -0.2) is 48.8 Å². The molecule has 0 spiro atoms. The molecule has 3 amide bonds. The zero-order valence-corrected chi connectivity index (χ0v) is 24.9. The lowest BCUT2D eigenvalue weighted by atomic mass is 9.95. The fraction of sp³-hybridized carbons (Fsp3) is 0.265. The van der Waals surface area contributed by atoms with E-state index < -0.39 is 0 Å². The predicted molar refractivity (Wildman–Crippen MR) is 169 cm³/mol. The number of nitrogens with one attached hydrogen (secondary N) is 2. The van der Waals surface area contributed by atoms with Gasteiger partial charge in [-0.1, -0.05) is 55.5 Å². The van der Waals surface area contributed by atoms with Crippen LogP contribution in [0.1, 0.15) is 56.8 Å². The fourth-order valence-electron chi connectivity index (χ4n) is 5.39. The van der Waals surface area contributed by atoms with E-state index in [1.807, 2.05) is 59.7 Å². The van der Waals surface area contributed by atoms with Crippen molar-refractivity contribution in [1.82, 2.24) is 10.2 Å². The van der Waals surface area contributed by atoms with Crippen molar-refractivity contribution in [2.75, 3.05) is 36.4 Å². The van der Waals surface area contributed by atoms with Crippen LogP contribution in [0.4, 0.5) is 15.8 Å². The van der Waals surface area contributed by atoms with Gasteiger partial charge in [-0.15, -0.1) is 11.3 Å². The zero-order valence-electron chi connectivity index (χ0n) is 24.1. The van der Waals surface area contributed by atoms with Crippen molar-refractivity contribution in [1.29, 1.82) is 0 Å². The Kier molecular flexibility index (Phi) is 9.84. The van der Waals surface area contributed by atoms with E-state index in [1.165, 1.54) is 23.5 Å². The third-order valence-corrected chi connectivity index (χ3v) is 8.54. The molecule has 2 N–H and O–H groups in total. The minimum atomic E-state index is -0.339. The number of amides is 3. The largest absolute Gasteiger partial charge is 0.369 e. The molecule has 222 valence electrons. The second-order valence-corrected chi connectivity index (χ2v) is 11.5. The summed E-state index contributed by atoms with van der Waals surface area (Å²) in [5, 5.41) is 7.67. The topological polar surface area (TPSA) is 81.8 Å². The van der Waals surface area contributed by atoms with Crippen LogP contribution in [0.2, 0.25) is 0 Å². The minimum Gasteiger partial charge on any atom is -0.369 e. The highest BCUT2D eigenvalue weighted by atomic mass is 32.1. The first-order valence-electron chi connectivity index (χ1n) is 14.5. The summed E-state index contributed by atoms with van der Waals surface area (Å²) in [4.78, 5) is 44.5. The second-order valence-electron chi connectivity index (χ2n) is 10.5. The van der Waals surface area contributed by atoms with Crippen LogP contribution in [0.15, 0.2) is 90.3 Å². The van der Waals surface area contributed by atoms with Crippen molar-refractivity contribution in [3.63, 3.8) is 0 Å². The molecule has 1 atom stereocenters. The maximum Gasteiger partial charge on any atom is 0.265 e. The number of rotatable bonds is 9. The first-order chi connectivity index (χ1) is 20.9. The monoisotopic (exact) mass is 598 g/mol. The summed E-state index contributed by atoms with van der Waals surface area (Å²) in [6.07, 6.45) is 1.48. The van der Waals surface area contributed by atoms with Gasteiger partial charge in [-0.25, -0.2) is 4.39 Å². The Bertz CT molecular complexity index is 1540. The normalized spacial score (nSPS) is 14.1. The molecule has 0 unspecified atom stereocenters. The molecule has 3 aromatic carbocycles. The van der Waals surface area contributed by atoms with E-state index in [-0.39, 0.29) is 36.0 Å². The molecule has 5 rings (SSSR count). The smallest absolute Gasteiger partial charge is 0.265 e. The van der Waals surface area contributed by atoms with Crippen LogP contribution < -0.4 is 15.5 Å². The number of hydrogen-bond donors (Lipinski definition) is 2. The number of benzene rings is 3. The maximum atomic E-state index is 13.6. The molecule has 1 fully saturated rings. The highest BCUT2D eigenvalue weighted by molar-refractivity contribution is 7.12. The van der Waals surface area contributed by atoms with Gasteiger partial charge in [0.15, 0.2) is 0 Å². The van der Waals surface area contributed by atoms with E-state index in [9.17, 15) is 18.8 Å². The van der Waals surface area contributed by atoms with Gasteiger partial charge in [0.05, 0.1) is 16.4 Å². The van der Waals surface area contributed by atoms with Crippen molar-refractivity contribution in [3.05, 3.63) is 118 Å². The summed E-state index contributed by atoms with van der Waals surface area (Å²) in [7, 11) is 0. The van der Waals surface area contributed by atoms with Gasteiger partial charge in [0.25, 0.3) is 11.8 Å².